The quantitative estimate of drug-likeness (QED) is 0.532. The summed E-state index contributed by atoms with van der Waals surface area (Å²) in [4.78, 5) is 23.0. The van der Waals surface area contributed by atoms with E-state index in [1.54, 1.807) is 0 Å². The van der Waals surface area contributed by atoms with Crippen LogP contribution < -0.4 is 10.6 Å². The molecule has 1 amide bonds. The summed E-state index contributed by atoms with van der Waals surface area (Å²) >= 11 is 0. The van der Waals surface area contributed by atoms with Crippen LogP contribution >= 0.6 is 0 Å². The number of carbonyl (C=O) groups is 2. The first kappa shape index (κ1) is 16.9. The summed E-state index contributed by atoms with van der Waals surface area (Å²) in [5.74, 6) is -0.568. The van der Waals surface area contributed by atoms with E-state index in [2.05, 4.69) is 10.6 Å². The standard InChI is InChI=1S/C13H26N2O3/c1-10(16)15-11(8-6-7-9-14-5)12(17)18-13(2,3)4/h11,14H,6-9H2,1-5H3,(H,15,16)/t11-/m0/s1. The van der Waals surface area contributed by atoms with Crippen molar-refractivity contribution in [2.45, 2.75) is 58.6 Å². The van der Waals surface area contributed by atoms with Crippen LogP contribution in [0.2, 0.25) is 0 Å². The number of carbonyl (C=O) groups excluding carboxylic acids is 2. The summed E-state index contributed by atoms with van der Waals surface area (Å²) in [5.41, 5.74) is -0.529. The van der Waals surface area contributed by atoms with Gasteiger partial charge < -0.3 is 15.4 Å². The van der Waals surface area contributed by atoms with Gasteiger partial charge in [-0.1, -0.05) is 0 Å². The van der Waals surface area contributed by atoms with E-state index in [1.165, 1.54) is 6.92 Å². The Morgan fingerprint density at radius 2 is 1.83 bits per heavy atom. The molecule has 5 heteroatoms. The van der Waals surface area contributed by atoms with Crippen LogP contribution in [0.5, 0.6) is 0 Å². The molecule has 1 atom stereocenters. The second kappa shape index (κ2) is 8.08. The number of unbranched alkanes of at least 4 members (excludes halogenated alkanes) is 1. The zero-order valence-corrected chi connectivity index (χ0v) is 12.1. The van der Waals surface area contributed by atoms with Crippen molar-refractivity contribution < 1.29 is 14.3 Å². The minimum atomic E-state index is -0.543. The van der Waals surface area contributed by atoms with Crippen LogP contribution in [-0.4, -0.2) is 37.1 Å². The third-order valence-electron chi connectivity index (χ3n) is 2.24. The Morgan fingerprint density at radius 3 is 2.28 bits per heavy atom. The van der Waals surface area contributed by atoms with Crippen LogP contribution in [0.3, 0.4) is 0 Å². The van der Waals surface area contributed by atoms with Crippen molar-refractivity contribution in [3.8, 4) is 0 Å². The van der Waals surface area contributed by atoms with Gasteiger partial charge in [-0.25, -0.2) is 4.79 Å². The Kier molecular flexibility index (Phi) is 7.59. The average molecular weight is 258 g/mol. The van der Waals surface area contributed by atoms with E-state index >= 15 is 0 Å². The molecule has 0 bridgehead atoms. The van der Waals surface area contributed by atoms with Crippen molar-refractivity contribution in [3.05, 3.63) is 0 Å². The van der Waals surface area contributed by atoms with Gasteiger partial charge >= 0.3 is 5.97 Å². The van der Waals surface area contributed by atoms with Gasteiger partial charge in [0.25, 0.3) is 0 Å². The third kappa shape index (κ3) is 8.98. The van der Waals surface area contributed by atoms with Crippen molar-refractivity contribution in [2.75, 3.05) is 13.6 Å². The zero-order valence-electron chi connectivity index (χ0n) is 12.1. The number of esters is 1. The summed E-state index contributed by atoms with van der Waals surface area (Å²) < 4.78 is 5.29. The minimum Gasteiger partial charge on any atom is -0.458 e. The molecule has 0 rings (SSSR count). The molecule has 0 unspecified atom stereocenters. The Labute approximate surface area is 110 Å². The Bertz CT molecular complexity index is 272. The number of nitrogens with one attached hydrogen (secondary N) is 2. The molecule has 0 aromatic rings. The molecule has 0 saturated carbocycles. The Hall–Kier alpha value is -1.10. The van der Waals surface area contributed by atoms with Gasteiger partial charge in [0.2, 0.25) is 5.91 Å². The highest BCUT2D eigenvalue weighted by Crippen LogP contribution is 2.11. The van der Waals surface area contributed by atoms with E-state index in [-0.39, 0.29) is 11.9 Å². The average Bonchev–Trinajstić information content (AvgIpc) is 2.19. The van der Waals surface area contributed by atoms with Gasteiger partial charge in [0.1, 0.15) is 11.6 Å². The lowest BCUT2D eigenvalue weighted by atomic mass is 10.1. The summed E-state index contributed by atoms with van der Waals surface area (Å²) in [7, 11) is 1.89. The molecule has 18 heavy (non-hydrogen) atoms. The summed E-state index contributed by atoms with van der Waals surface area (Å²) in [6.45, 7) is 7.76. The predicted molar refractivity (Wildman–Crippen MR) is 71.2 cm³/mol. The predicted octanol–water partition coefficient (Wildman–Crippen LogP) is 1.22. The summed E-state index contributed by atoms with van der Waals surface area (Å²) in [6.07, 6.45) is 2.44. The van der Waals surface area contributed by atoms with Crippen molar-refractivity contribution >= 4 is 11.9 Å². The lowest BCUT2D eigenvalue weighted by Gasteiger charge is -2.24. The molecule has 5 nitrogen and oxygen atoms in total. The number of hydrogen-bond donors (Lipinski definition) is 2. The zero-order chi connectivity index (χ0) is 14.2. The molecule has 0 aliphatic rings. The van der Waals surface area contributed by atoms with E-state index in [0.29, 0.717) is 6.42 Å². The van der Waals surface area contributed by atoms with Gasteiger partial charge in [-0.05, 0) is 53.6 Å². The highest BCUT2D eigenvalue weighted by atomic mass is 16.6. The van der Waals surface area contributed by atoms with Crippen LogP contribution in [0.25, 0.3) is 0 Å². The maximum absolute atomic E-state index is 11.9. The first-order valence-corrected chi connectivity index (χ1v) is 6.41. The van der Waals surface area contributed by atoms with E-state index in [9.17, 15) is 9.59 Å². The monoisotopic (exact) mass is 258 g/mol. The molecule has 0 aromatic carbocycles. The normalized spacial score (nSPS) is 12.9. The first-order valence-electron chi connectivity index (χ1n) is 6.41. The molecule has 0 saturated heterocycles. The minimum absolute atomic E-state index is 0.209. The molecular weight excluding hydrogens is 232 g/mol. The van der Waals surface area contributed by atoms with Gasteiger partial charge in [0.15, 0.2) is 0 Å². The maximum atomic E-state index is 11.9. The molecule has 0 aliphatic heterocycles. The molecule has 0 heterocycles. The molecule has 0 fully saturated rings. The molecule has 2 N–H and O–H groups in total. The molecule has 106 valence electrons. The third-order valence-corrected chi connectivity index (χ3v) is 2.24. The lowest BCUT2D eigenvalue weighted by molar-refractivity contribution is -0.158. The van der Waals surface area contributed by atoms with Crippen LogP contribution in [0.15, 0.2) is 0 Å². The highest BCUT2D eigenvalue weighted by Gasteiger charge is 2.25. The lowest BCUT2D eigenvalue weighted by Crippen LogP contribution is -2.43. The Morgan fingerprint density at radius 1 is 1.22 bits per heavy atom. The van der Waals surface area contributed by atoms with Crippen molar-refractivity contribution in [2.24, 2.45) is 0 Å². The fourth-order valence-electron chi connectivity index (χ4n) is 1.52. The molecular formula is C13H26N2O3. The molecule has 0 aromatic heterocycles. The van der Waals surface area contributed by atoms with Crippen LogP contribution in [0, 0.1) is 0 Å². The summed E-state index contributed by atoms with van der Waals surface area (Å²) in [5, 5.41) is 5.69. The highest BCUT2D eigenvalue weighted by molar-refractivity contribution is 5.83. The number of hydrogen-bond acceptors (Lipinski definition) is 4. The molecule has 0 spiro atoms. The van der Waals surface area contributed by atoms with E-state index in [4.69, 9.17) is 4.74 Å². The molecule has 0 aliphatic carbocycles. The van der Waals surface area contributed by atoms with Gasteiger partial charge in [0.05, 0.1) is 0 Å². The number of amides is 1. The number of ether oxygens (including phenoxy) is 1. The van der Waals surface area contributed by atoms with Gasteiger partial charge in [-0.15, -0.1) is 0 Å². The van der Waals surface area contributed by atoms with Crippen molar-refractivity contribution in [1.29, 1.82) is 0 Å². The Balaban J connectivity index is 4.29. The van der Waals surface area contributed by atoms with E-state index in [0.717, 1.165) is 19.4 Å². The largest absolute Gasteiger partial charge is 0.458 e. The first-order chi connectivity index (χ1) is 8.26. The van der Waals surface area contributed by atoms with Gasteiger partial charge in [-0.3, -0.25) is 4.79 Å². The van der Waals surface area contributed by atoms with Crippen LogP contribution in [-0.2, 0) is 14.3 Å². The second-order valence-corrected chi connectivity index (χ2v) is 5.39. The summed E-state index contributed by atoms with van der Waals surface area (Å²) in [6, 6.07) is -0.543. The van der Waals surface area contributed by atoms with E-state index < -0.39 is 11.6 Å². The smallest absolute Gasteiger partial charge is 0.329 e. The maximum Gasteiger partial charge on any atom is 0.329 e. The van der Waals surface area contributed by atoms with E-state index in [1.807, 2.05) is 27.8 Å². The second-order valence-electron chi connectivity index (χ2n) is 5.39. The molecule has 0 radical (unpaired) electrons. The van der Waals surface area contributed by atoms with Crippen LogP contribution in [0.1, 0.15) is 47.0 Å². The topological polar surface area (TPSA) is 67.4 Å². The number of rotatable bonds is 7. The van der Waals surface area contributed by atoms with Crippen molar-refractivity contribution in [3.63, 3.8) is 0 Å². The fourth-order valence-corrected chi connectivity index (χ4v) is 1.52. The van der Waals surface area contributed by atoms with Crippen molar-refractivity contribution in [1.82, 2.24) is 10.6 Å². The van der Waals surface area contributed by atoms with Gasteiger partial charge in [0, 0.05) is 6.92 Å². The fraction of sp³-hybridized carbons (Fsp3) is 0.846. The SMILES string of the molecule is CNCCCC[C@H](NC(C)=O)C(=O)OC(C)(C)C. The van der Waals surface area contributed by atoms with Crippen LogP contribution in [0.4, 0.5) is 0 Å². The van der Waals surface area contributed by atoms with Gasteiger partial charge in [-0.2, -0.15) is 0 Å².